The second kappa shape index (κ2) is 10.1. The van der Waals surface area contributed by atoms with Gasteiger partial charge in [-0.15, -0.1) is 0 Å². The lowest BCUT2D eigenvalue weighted by molar-refractivity contribution is 1.32. The molecule has 5 nitrogen and oxygen atoms in total. The van der Waals surface area contributed by atoms with E-state index in [4.69, 9.17) is 4.98 Å². The van der Waals surface area contributed by atoms with E-state index in [9.17, 15) is 5.26 Å². The fourth-order valence-corrected chi connectivity index (χ4v) is 5.98. The number of hydrogen-bond acceptors (Lipinski definition) is 2. The monoisotopic (exact) mass is 551 g/mol. The summed E-state index contributed by atoms with van der Waals surface area (Å²) >= 11 is 0. The van der Waals surface area contributed by atoms with Crippen molar-refractivity contribution in [3.05, 3.63) is 138 Å². The van der Waals surface area contributed by atoms with E-state index in [-0.39, 0.29) is 0 Å². The lowest BCUT2D eigenvalue weighted by atomic mass is 10.0. The van der Waals surface area contributed by atoms with Gasteiger partial charge in [-0.2, -0.15) is 5.26 Å². The lowest BCUT2D eigenvalue weighted by Crippen LogP contribution is -1.88. The topological polar surface area (TPSA) is 84.0 Å². The second-order valence-corrected chi connectivity index (χ2v) is 10.6. The number of nitriles is 1. The largest absolute Gasteiger partial charge is 0.354 e. The molecule has 0 amide bonds. The Bertz CT molecular complexity index is 2330. The molecule has 0 aliphatic carbocycles. The molecule has 202 valence electrons. The Morgan fingerprint density at radius 1 is 0.419 bits per heavy atom. The van der Waals surface area contributed by atoms with Crippen molar-refractivity contribution >= 4 is 45.3 Å². The standard InChI is InChI=1S/C38H25N5/c39-23-24-11-13-27(14-12-24)38-34-21-19-32(42-34)36(25-7-3-1-4-8-25)30-17-15-28(40-30)29-16-18-31(41-29)37(26-9-5-2-6-10-26)33-20-22-35(38)43-33/h1-22,40-42H. The summed E-state index contributed by atoms with van der Waals surface area (Å²) in [5.41, 5.74) is 14.5. The first-order chi connectivity index (χ1) is 21.2. The normalized spacial score (nSPS) is 11.6. The van der Waals surface area contributed by atoms with E-state index in [0.29, 0.717) is 5.56 Å². The van der Waals surface area contributed by atoms with E-state index in [2.05, 4.69) is 118 Å². The van der Waals surface area contributed by atoms with Crippen molar-refractivity contribution in [1.82, 2.24) is 19.9 Å². The molecule has 8 rings (SSSR count). The van der Waals surface area contributed by atoms with Crippen LogP contribution in [0.3, 0.4) is 0 Å². The number of nitrogens with zero attached hydrogens (tertiary/aromatic N) is 2. The van der Waals surface area contributed by atoms with Crippen molar-refractivity contribution in [3.8, 4) is 39.4 Å². The van der Waals surface area contributed by atoms with Crippen LogP contribution in [0.1, 0.15) is 17.0 Å². The molecule has 3 N–H and O–H groups in total. The third-order valence-electron chi connectivity index (χ3n) is 8.01. The zero-order chi connectivity index (χ0) is 28.8. The van der Waals surface area contributed by atoms with Gasteiger partial charge in [-0.05, 0) is 77.4 Å². The van der Waals surface area contributed by atoms with Crippen LogP contribution < -0.4 is 0 Å². The van der Waals surface area contributed by atoms with Crippen molar-refractivity contribution in [1.29, 1.82) is 5.26 Å². The van der Waals surface area contributed by atoms with Gasteiger partial charge < -0.3 is 15.0 Å². The Morgan fingerprint density at radius 2 is 0.814 bits per heavy atom. The molecule has 0 spiro atoms. The van der Waals surface area contributed by atoms with E-state index in [0.717, 1.165) is 77.9 Å². The van der Waals surface area contributed by atoms with Crippen molar-refractivity contribution in [2.75, 3.05) is 0 Å². The molecule has 4 aromatic heterocycles. The highest BCUT2D eigenvalue weighted by molar-refractivity contribution is 5.99. The molecule has 1 aliphatic heterocycles. The van der Waals surface area contributed by atoms with Crippen molar-refractivity contribution in [3.63, 3.8) is 0 Å². The van der Waals surface area contributed by atoms with Crippen molar-refractivity contribution in [2.45, 2.75) is 0 Å². The average Bonchev–Trinajstić information content (AvgIpc) is 3.88. The van der Waals surface area contributed by atoms with E-state index < -0.39 is 0 Å². The van der Waals surface area contributed by atoms with E-state index in [1.54, 1.807) is 0 Å². The van der Waals surface area contributed by atoms with Gasteiger partial charge in [-0.1, -0.05) is 72.8 Å². The Labute approximate surface area is 247 Å². The summed E-state index contributed by atoms with van der Waals surface area (Å²) in [7, 11) is 0. The zero-order valence-electron chi connectivity index (χ0n) is 23.1. The van der Waals surface area contributed by atoms with E-state index >= 15 is 0 Å². The van der Waals surface area contributed by atoms with Crippen molar-refractivity contribution < 1.29 is 0 Å². The summed E-state index contributed by atoms with van der Waals surface area (Å²) in [5.74, 6) is 0. The average molecular weight is 552 g/mol. The fraction of sp³-hybridized carbons (Fsp3) is 0. The Balaban J connectivity index is 1.56. The van der Waals surface area contributed by atoms with Crippen LogP contribution in [-0.2, 0) is 0 Å². The number of rotatable bonds is 3. The highest BCUT2D eigenvalue weighted by atomic mass is 14.8. The summed E-state index contributed by atoms with van der Waals surface area (Å²) in [6.45, 7) is 0. The predicted molar refractivity (Wildman–Crippen MR) is 176 cm³/mol. The molecular weight excluding hydrogens is 526 g/mol. The molecule has 3 aromatic carbocycles. The molecule has 5 heterocycles. The fourth-order valence-electron chi connectivity index (χ4n) is 5.98. The molecule has 0 saturated carbocycles. The number of fused-ring (bicyclic) bond motifs is 9. The molecule has 43 heavy (non-hydrogen) atoms. The van der Waals surface area contributed by atoms with Crippen LogP contribution >= 0.6 is 0 Å². The van der Waals surface area contributed by atoms with Crippen molar-refractivity contribution in [2.24, 2.45) is 0 Å². The number of benzene rings is 3. The van der Waals surface area contributed by atoms with Crippen LogP contribution in [0.15, 0.2) is 121 Å². The molecule has 7 aromatic rings. The van der Waals surface area contributed by atoms with Gasteiger partial charge in [0.1, 0.15) is 0 Å². The van der Waals surface area contributed by atoms with Gasteiger partial charge in [0.2, 0.25) is 0 Å². The van der Waals surface area contributed by atoms with Gasteiger partial charge >= 0.3 is 0 Å². The molecular formula is C38H25N5. The maximum absolute atomic E-state index is 9.44. The predicted octanol–water partition coefficient (Wildman–Crippen LogP) is 9.57. The minimum Gasteiger partial charge on any atom is -0.354 e. The van der Waals surface area contributed by atoms with Crippen LogP contribution in [0.2, 0.25) is 0 Å². The smallest absolute Gasteiger partial charge is 0.0991 e. The molecule has 0 saturated heterocycles. The van der Waals surface area contributed by atoms with E-state index in [1.165, 1.54) is 0 Å². The van der Waals surface area contributed by atoms with Crippen LogP contribution in [0.25, 0.3) is 78.6 Å². The van der Waals surface area contributed by atoms with Gasteiger partial charge in [0.05, 0.1) is 34.1 Å². The Hall–Kier alpha value is -6.12. The summed E-state index contributed by atoms with van der Waals surface area (Å²) in [6.07, 6.45) is 4.17. The number of hydrogen-bond donors (Lipinski definition) is 3. The second-order valence-electron chi connectivity index (χ2n) is 10.6. The molecule has 0 unspecified atom stereocenters. The third-order valence-corrected chi connectivity index (χ3v) is 8.01. The molecule has 0 radical (unpaired) electrons. The third kappa shape index (κ3) is 4.30. The summed E-state index contributed by atoms with van der Waals surface area (Å²) in [4.78, 5) is 16.3. The maximum atomic E-state index is 9.44. The van der Waals surface area contributed by atoms with Gasteiger partial charge in [-0.25, -0.2) is 4.98 Å². The molecule has 8 bridgehead atoms. The molecule has 1 aliphatic rings. The molecule has 0 fully saturated rings. The number of H-pyrrole nitrogens is 3. The summed E-state index contributed by atoms with van der Waals surface area (Å²) < 4.78 is 0. The Kier molecular flexibility index (Phi) is 5.77. The van der Waals surface area contributed by atoms with Crippen LogP contribution in [0.5, 0.6) is 0 Å². The minimum atomic E-state index is 0.620. The van der Waals surface area contributed by atoms with Gasteiger partial charge in [0.25, 0.3) is 0 Å². The number of nitrogens with one attached hydrogen (secondary N) is 3. The highest BCUT2D eigenvalue weighted by Crippen LogP contribution is 2.36. The minimum absolute atomic E-state index is 0.620. The highest BCUT2D eigenvalue weighted by Gasteiger charge is 2.16. The maximum Gasteiger partial charge on any atom is 0.0991 e. The number of aromatic amines is 3. The lowest BCUT2D eigenvalue weighted by Gasteiger charge is -2.05. The van der Waals surface area contributed by atoms with E-state index in [1.807, 2.05) is 36.4 Å². The first-order valence-corrected chi connectivity index (χ1v) is 14.2. The first kappa shape index (κ1) is 24.7. The Morgan fingerprint density at radius 3 is 1.30 bits per heavy atom. The summed E-state index contributed by atoms with van der Waals surface area (Å²) in [6, 6.07) is 43.5. The van der Waals surface area contributed by atoms with Crippen LogP contribution in [0, 0.1) is 11.3 Å². The molecule has 0 atom stereocenters. The van der Waals surface area contributed by atoms with Gasteiger partial charge in [-0.3, -0.25) is 0 Å². The quantitative estimate of drug-likeness (QED) is 0.204. The first-order valence-electron chi connectivity index (χ1n) is 14.2. The van der Waals surface area contributed by atoms with Crippen LogP contribution in [0.4, 0.5) is 0 Å². The SMILES string of the molecule is N#Cc1ccc(-c2c3nc(c(-c4ccccc4)c4ccc([nH]4)c4ccc([nH]4)c(-c4ccccc4)c4ccc2[nH]4)C=C3)cc1. The molecule has 5 heteroatoms. The summed E-state index contributed by atoms with van der Waals surface area (Å²) in [5, 5.41) is 9.44. The van der Waals surface area contributed by atoms with Crippen LogP contribution in [-0.4, -0.2) is 19.9 Å². The van der Waals surface area contributed by atoms with Gasteiger partial charge in [0, 0.05) is 38.8 Å². The zero-order valence-corrected chi connectivity index (χ0v) is 23.1. The van der Waals surface area contributed by atoms with Gasteiger partial charge in [0.15, 0.2) is 0 Å². The number of aromatic nitrogens is 4.